The summed E-state index contributed by atoms with van der Waals surface area (Å²) in [5.74, 6) is 2.99. The van der Waals surface area contributed by atoms with Gasteiger partial charge in [0.1, 0.15) is 11.5 Å². The van der Waals surface area contributed by atoms with Crippen LogP contribution in [0.1, 0.15) is 17.0 Å². The van der Waals surface area contributed by atoms with Crippen molar-refractivity contribution in [2.45, 2.75) is 17.8 Å². The molecule has 7 heteroatoms. The molecule has 0 bridgehead atoms. The lowest BCUT2D eigenvalue weighted by molar-refractivity contribution is 0.402. The standard InChI is InChI=1S/C19H20N4O2S/c1-14-21-22-19(26-13-15-7-5-4-6-8-15)23(14)20-12-16-11-17(24-2)9-10-18(16)25-3/h4-12H,13H2,1-3H3/b20-12-. The Labute approximate surface area is 156 Å². The van der Waals surface area contributed by atoms with Gasteiger partial charge in [-0.1, -0.05) is 42.1 Å². The lowest BCUT2D eigenvalue weighted by atomic mass is 10.2. The summed E-state index contributed by atoms with van der Waals surface area (Å²) in [6.07, 6.45) is 1.73. The van der Waals surface area contributed by atoms with E-state index in [2.05, 4.69) is 27.4 Å². The summed E-state index contributed by atoms with van der Waals surface area (Å²) in [6.45, 7) is 1.87. The molecule has 3 rings (SSSR count). The molecule has 26 heavy (non-hydrogen) atoms. The molecule has 1 aromatic heterocycles. The lowest BCUT2D eigenvalue weighted by Gasteiger charge is -2.07. The second-order valence-corrected chi connectivity index (χ2v) is 6.41. The van der Waals surface area contributed by atoms with Crippen molar-refractivity contribution in [1.29, 1.82) is 0 Å². The van der Waals surface area contributed by atoms with Gasteiger partial charge in [-0.2, -0.15) is 9.78 Å². The molecule has 3 aromatic rings. The van der Waals surface area contributed by atoms with Crippen LogP contribution in [0.15, 0.2) is 58.8 Å². The Hall–Kier alpha value is -2.80. The largest absolute Gasteiger partial charge is 0.497 e. The fourth-order valence-electron chi connectivity index (χ4n) is 2.34. The summed E-state index contributed by atoms with van der Waals surface area (Å²) in [5, 5.41) is 13.6. The van der Waals surface area contributed by atoms with Crippen molar-refractivity contribution in [2.75, 3.05) is 14.2 Å². The number of aromatic nitrogens is 3. The van der Waals surface area contributed by atoms with Gasteiger partial charge in [0.25, 0.3) is 0 Å². The minimum absolute atomic E-state index is 0.721. The van der Waals surface area contributed by atoms with Gasteiger partial charge in [-0.15, -0.1) is 10.2 Å². The fraction of sp³-hybridized carbons (Fsp3) is 0.211. The first-order valence-electron chi connectivity index (χ1n) is 8.06. The molecule has 0 atom stereocenters. The maximum absolute atomic E-state index is 5.39. The summed E-state index contributed by atoms with van der Waals surface area (Å²) in [4.78, 5) is 0. The van der Waals surface area contributed by atoms with Crippen LogP contribution >= 0.6 is 11.8 Å². The SMILES string of the molecule is COc1ccc(OC)c(/C=N\n2c(C)nnc2SCc2ccccc2)c1. The van der Waals surface area contributed by atoms with E-state index in [9.17, 15) is 0 Å². The molecule has 0 aliphatic heterocycles. The highest BCUT2D eigenvalue weighted by Crippen LogP contribution is 2.24. The number of aryl methyl sites for hydroxylation is 1. The highest BCUT2D eigenvalue weighted by Gasteiger charge is 2.09. The fourth-order valence-corrected chi connectivity index (χ4v) is 3.23. The van der Waals surface area contributed by atoms with E-state index in [1.54, 1.807) is 36.9 Å². The number of benzene rings is 2. The van der Waals surface area contributed by atoms with Gasteiger partial charge in [-0.3, -0.25) is 0 Å². The monoisotopic (exact) mass is 368 g/mol. The molecule has 1 heterocycles. The van der Waals surface area contributed by atoms with Gasteiger partial charge >= 0.3 is 0 Å². The van der Waals surface area contributed by atoms with Gasteiger partial charge in [0.15, 0.2) is 5.82 Å². The van der Waals surface area contributed by atoms with Crippen LogP contribution in [0, 0.1) is 6.92 Å². The molecule has 0 saturated heterocycles. The summed E-state index contributed by atoms with van der Waals surface area (Å²) >= 11 is 1.59. The van der Waals surface area contributed by atoms with Crippen LogP contribution in [0.4, 0.5) is 0 Å². The molecule has 6 nitrogen and oxygen atoms in total. The normalized spacial score (nSPS) is 11.0. The number of thioether (sulfide) groups is 1. The van der Waals surface area contributed by atoms with E-state index in [4.69, 9.17) is 9.47 Å². The molecule has 0 saturated carbocycles. The number of methoxy groups -OCH3 is 2. The van der Waals surface area contributed by atoms with Gasteiger partial charge in [0, 0.05) is 11.3 Å². The van der Waals surface area contributed by atoms with Crippen LogP contribution in [0.5, 0.6) is 11.5 Å². The zero-order chi connectivity index (χ0) is 18.4. The zero-order valence-electron chi connectivity index (χ0n) is 14.9. The molecule has 0 aliphatic rings. The Bertz CT molecular complexity index is 894. The van der Waals surface area contributed by atoms with Gasteiger partial charge in [-0.05, 0) is 30.7 Å². The smallest absolute Gasteiger partial charge is 0.212 e. The molecule has 0 amide bonds. The third-order valence-corrected chi connectivity index (χ3v) is 4.72. The first kappa shape index (κ1) is 18.0. The summed E-state index contributed by atoms with van der Waals surface area (Å²) in [7, 11) is 3.26. The van der Waals surface area contributed by atoms with E-state index in [0.717, 1.165) is 33.8 Å². The van der Waals surface area contributed by atoms with Gasteiger partial charge in [0.2, 0.25) is 5.16 Å². The maximum Gasteiger partial charge on any atom is 0.212 e. The zero-order valence-corrected chi connectivity index (χ0v) is 15.7. The molecule has 2 aromatic carbocycles. The van der Waals surface area contributed by atoms with Crippen molar-refractivity contribution >= 4 is 18.0 Å². The first-order valence-corrected chi connectivity index (χ1v) is 9.05. The molecule has 0 N–H and O–H groups in total. The van der Waals surface area contributed by atoms with Crippen LogP contribution in [0.25, 0.3) is 0 Å². The van der Waals surface area contributed by atoms with Crippen molar-refractivity contribution in [2.24, 2.45) is 5.10 Å². The quantitative estimate of drug-likeness (QED) is 0.469. The third-order valence-electron chi connectivity index (χ3n) is 3.73. The summed E-state index contributed by atoms with van der Waals surface area (Å²) in [6, 6.07) is 15.8. The minimum atomic E-state index is 0.721. The summed E-state index contributed by atoms with van der Waals surface area (Å²) < 4.78 is 12.4. The van der Waals surface area contributed by atoms with Gasteiger partial charge in [-0.25, -0.2) is 0 Å². The van der Waals surface area contributed by atoms with Crippen LogP contribution in [-0.4, -0.2) is 35.3 Å². The highest BCUT2D eigenvalue weighted by molar-refractivity contribution is 7.98. The van der Waals surface area contributed by atoms with Gasteiger partial charge < -0.3 is 9.47 Å². The van der Waals surface area contributed by atoms with Crippen LogP contribution in [0.3, 0.4) is 0 Å². The Morgan fingerprint density at radius 1 is 1.08 bits per heavy atom. The average Bonchev–Trinajstić information content (AvgIpc) is 3.04. The predicted octanol–water partition coefficient (Wildman–Crippen LogP) is 3.78. The molecule has 0 aliphatic carbocycles. The first-order chi connectivity index (χ1) is 12.7. The number of hydrogen-bond acceptors (Lipinski definition) is 6. The number of nitrogens with zero attached hydrogens (tertiary/aromatic N) is 4. The Balaban J connectivity index is 1.82. The second-order valence-electron chi connectivity index (χ2n) is 5.47. The maximum atomic E-state index is 5.39. The summed E-state index contributed by atoms with van der Waals surface area (Å²) in [5.41, 5.74) is 2.04. The highest BCUT2D eigenvalue weighted by atomic mass is 32.2. The van der Waals surface area contributed by atoms with Crippen molar-refractivity contribution in [3.05, 3.63) is 65.5 Å². The third kappa shape index (κ3) is 4.23. The Kier molecular flexibility index (Phi) is 5.91. The molecule has 134 valence electrons. The topological polar surface area (TPSA) is 61.5 Å². The van der Waals surface area contributed by atoms with Crippen LogP contribution in [0.2, 0.25) is 0 Å². The molecule has 0 radical (unpaired) electrons. The van der Waals surface area contributed by atoms with E-state index in [1.165, 1.54) is 5.56 Å². The second kappa shape index (κ2) is 8.53. The number of hydrogen-bond donors (Lipinski definition) is 0. The number of rotatable bonds is 7. The van der Waals surface area contributed by atoms with E-state index < -0.39 is 0 Å². The molecule has 0 spiro atoms. The van der Waals surface area contributed by atoms with Crippen molar-refractivity contribution < 1.29 is 9.47 Å². The van der Waals surface area contributed by atoms with Crippen molar-refractivity contribution in [3.8, 4) is 11.5 Å². The lowest BCUT2D eigenvalue weighted by Crippen LogP contribution is -1.98. The Morgan fingerprint density at radius 2 is 1.88 bits per heavy atom. The van der Waals surface area contributed by atoms with E-state index in [1.807, 2.05) is 43.3 Å². The van der Waals surface area contributed by atoms with E-state index >= 15 is 0 Å². The molecule has 0 fully saturated rings. The van der Waals surface area contributed by atoms with E-state index in [-0.39, 0.29) is 0 Å². The predicted molar refractivity (Wildman–Crippen MR) is 103 cm³/mol. The van der Waals surface area contributed by atoms with Crippen molar-refractivity contribution in [3.63, 3.8) is 0 Å². The van der Waals surface area contributed by atoms with Crippen LogP contribution < -0.4 is 9.47 Å². The van der Waals surface area contributed by atoms with Crippen LogP contribution in [-0.2, 0) is 5.75 Å². The average molecular weight is 368 g/mol. The molecular formula is C19H20N4O2S. The van der Waals surface area contributed by atoms with Gasteiger partial charge in [0.05, 0.1) is 20.4 Å². The van der Waals surface area contributed by atoms with E-state index in [0.29, 0.717) is 0 Å². The molecular weight excluding hydrogens is 348 g/mol. The van der Waals surface area contributed by atoms with Crippen molar-refractivity contribution in [1.82, 2.24) is 14.9 Å². The Morgan fingerprint density at radius 3 is 2.62 bits per heavy atom. The number of ether oxygens (including phenoxy) is 2. The molecule has 0 unspecified atom stereocenters. The minimum Gasteiger partial charge on any atom is -0.497 e.